The number of nitrogens with zero attached hydrogens (tertiary/aromatic N) is 2. The van der Waals surface area contributed by atoms with Crippen molar-refractivity contribution < 1.29 is 9.53 Å². The minimum atomic E-state index is -1.10. The second-order valence-corrected chi connectivity index (χ2v) is 16.2. The fraction of sp³-hybridized carbons (Fsp3) is 0.417. The Bertz CT molecular complexity index is 1090. The molecule has 0 spiro atoms. The van der Waals surface area contributed by atoms with Crippen LogP contribution in [-0.2, 0) is 11.5 Å². The maximum absolute atomic E-state index is 13.0. The molecule has 0 fully saturated rings. The van der Waals surface area contributed by atoms with E-state index < -0.39 is 8.07 Å². The number of carbonyl (C=O) groups is 1. The van der Waals surface area contributed by atoms with Crippen LogP contribution in [0.4, 0.5) is 5.69 Å². The lowest BCUT2D eigenvalue weighted by Crippen LogP contribution is -2.22. The molecule has 4 rings (SSSR count). The van der Waals surface area contributed by atoms with Gasteiger partial charge in [-0.15, -0.1) is 11.8 Å². The maximum atomic E-state index is 13.0. The molecule has 0 radical (unpaired) electrons. The van der Waals surface area contributed by atoms with Crippen molar-refractivity contribution in [2.75, 3.05) is 17.7 Å². The molecule has 3 aromatic rings. The van der Waals surface area contributed by atoms with Crippen molar-refractivity contribution in [2.24, 2.45) is 0 Å². The van der Waals surface area contributed by atoms with Crippen LogP contribution in [0.25, 0.3) is 11.0 Å². The molecule has 2 aromatic heterocycles. The van der Waals surface area contributed by atoms with Gasteiger partial charge in [-0.3, -0.25) is 4.79 Å². The molecule has 1 aliphatic rings. The van der Waals surface area contributed by atoms with E-state index in [0.717, 1.165) is 35.1 Å². The summed E-state index contributed by atoms with van der Waals surface area (Å²) >= 11 is 1.84. The van der Waals surface area contributed by atoms with Crippen LogP contribution in [-0.4, -0.2) is 35.9 Å². The molecule has 3 heterocycles. The number of aromatic nitrogens is 2. The number of fused-ring (bicyclic) bond motifs is 2. The Labute approximate surface area is 189 Å². The van der Waals surface area contributed by atoms with Crippen LogP contribution in [0.15, 0.2) is 47.6 Å². The van der Waals surface area contributed by atoms with Crippen molar-refractivity contribution in [1.29, 1.82) is 0 Å². The van der Waals surface area contributed by atoms with Gasteiger partial charge in [-0.25, -0.2) is 4.98 Å². The largest absolute Gasteiger partial charge is 0.361 e. The summed E-state index contributed by atoms with van der Waals surface area (Å²) < 4.78 is 7.87. The Morgan fingerprint density at radius 3 is 2.94 bits per heavy atom. The maximum Gasteiger partial charge on any atom is 0.255 e. The molecule has 7 heteroatoms. The molecule has 1 aromatic carbocycles. The van der Waals surface area contributed by atoms with E-state index in [9.17, 15) is 4.79 Å². The number of amides is 1. The Morgan fingerprint density at radius 1 is 1.29 bits per heavy atom. The molecule has 31 heavy (non-hydrogen) atoms. The summed E-state index contributed by atoms with van der Waals surface area (Å²) in [6.45, 7) is 10.5. The first-order valence-corrected chi connectivity index (χ1v) is 15.6. The van der Waals surface area contributed by atoms with Gasteiger partial charge in [-0.05, 0) is 54.0 Å². The van der Waals surface area contributed by atoms with Crippen LogP contribution < -0.4 is 5.32 Å². The highest BCUT2D eigenvalue weighted by atomic mass is 32.2. The van der Waals surface area contributed by atoms with Gasteiger partial charge in [0.2, 0.25) is 0 Å². The van der Waals surface area contributed by atoms with Crippen molar-refractivity contribution >= 4 is 42.5 Å². The van der Waals surface area contributed by atoms with Crippen molar-refractivity contribution in [3.05, 3.63) is 53.9 Å². The van der Waals surface area contributed by atoms with Crippen molar-refractivity contribution in [3.8, 4) is 0 Å². The van der Waals surface area contributed by atoms with Gasteiger partial charge >= 0.3 is 0 Å². The lowest BCUT2D eigenvalue weighted by Gasteiger charge is -2.22. The number of anilines is 1. The first kappa shape index (κ1) is 22.1. The smallest absolute Gasteiger partial charge is 0.255 e. The van der Waals surface area contributed by atoms with Gasteiger partial charge in [0, 0.05) is 42.9 Å². The average Bonchev–Trinajstić information content (AvgIpc) is 3.14. The summed E-state index contributed by atoms with van der Waals surface area (Å²) in [4.78, 5) is 18.7. The number of pyridine rings is 1. The first-order chi connectivity index (χ1) is 14.8. The normalized spacial score (nSPS) is 16.3. The van der Waals surface area contributed by atoms with E-state index in [1.54, 1.807) is 6.20 Å². The zero-order chi connectivity index (χ0) is 22.0. The Kier molecular flexibility index (Phi) is 6.55. The molecular formula is C24H31N3O2SSi. The highest BCUT2D eigenvalue weighted by molar-refractivity contribution is 7.99. The third-order valence-corrected chi connectivity index (χ3v) is 8.56. The molecule has 1 aliphatic heterocycles. The highest BCUT2D eigenvalue weighted by Crippen LogP contribution is 2.37. The summed E-state index contributed by atoms with van der Waals surface area (Å²) in [5.41, 5.74) is 3.64. The van der Waals surface area contributed by atoms with Crippen LogP contribution in [0, 0.1) is 0 Å². The minimum Gasteiger partial charge on any atom is -0.361 e. The van der Waals surface area contributed by atoms with Crippen LogP contribution >= 0.6 is 11.8 Å². The van der Waals surface area contributed by atoms with E-state index in [2.05, 4.69) is 42.9 Å². The van der Waals surface area contributed by atoms with Crippen molar-refractivity contribution in [2.45, 2.75) is 56.6 Å². The number of ether oxygens (including phenoxy) is 1. The van der Waals surface area contributed by atoms with Gasteiger partial charge in [0.1, 0.15) is 12.4 Å². The molecular weight excluding hydrogens is 422 g/mol. The predicted octanol–water partition coefficient (Wildman–Crippen LogP) is 6.20. The molecule has 0 saturated carbocycles. The van der Waals surface area contributed by atoms with Gasteiger partial charge < -0.3 is 14.6 Å². The van der Waals surface area contributed by atoms with E-state index in [1.165, 1.54) is 16.9 Å². The van der Waals surface area contributed by atoms with E-state index in [1.807, 2.05) is 46.8 Å². The monoisotopic (exact) mass is 453 g/mol. The molecule has 0 saturated heterocycles. The number of carbonyl (C=O) groups excluding carboxylic acids is 1. The molecule has 1 amide bonds. The van der Waals surface area contributed by atoms with Gasteiger partial charge in [0.15, 0.2) is 0 Å². The molecule has 5 nitrogen and oxygen atoms in total. The zero-order valence-electron chi connectivity index (χ0n) is 18.8. The number of thioether (sulfide) groups is 1. The Balaban J connectivity index is 1.47. The second kappa shape index (κ2) is 9.18. The molecule has 0 bridgehead atoms. The SMILES string of the molecule is C[C@H]1CCSc2cc(C(=O)Nc3ccnc4c3ccn4COCC[Si](C)(C)C)ccc21. The van der Waals surface area contributed by atoms with Gasteiger partial charge in [0.25, 0.3) is 5.91 Å². The van der Waals surface area contributed by atoms with E-state index in [-0.39, 0.29) is 5.91 Å². The number of benzene rings is 1. The average molecular weight is 454 g/mol. The third kappa shape index (κ3) is 5.22. The minimum absolute atomic E-state index is 0.0896. The Hall–Kier alpha value is -2.09. The quantitative estimate of drug-likeness (QED) is 0.342. The first-order valence-electron chi connectivity index (χ1n) is 10.9. The molecule has 1 N–H and O–H groups in total. The van der Waals surface area contributed by atoms with Crippen LogP contribution in [0.1, 0.15) is 35.2 Å². The molecule has 1 atom stereocenters. The van der Waals surface area contributed by atoms with Gasteiger partial charge in [-0.1, -0.05) is 32.6 Å². The second-order valence-electron chi connectivity index (χ2n) is 9.47. The zero-order valence-corrected chi connectivity index (χ0v) is 20.6. The lowest BCUT2D eigenvalue weighted by molar-refractivity contribution is 0.0899. The standard InChI is InChI=1S/C24H31N3O2SSi/c1-17-9-13-30-22-15-18(5-6-19(17)22)24(28)26-21-7-10-25-23-20(21)8-11-27(23)16-29-12-14-31(2,3)4/h5-8,10-11,15,17H,9,12-14,16H2,1-4H3,(H,25,26,28)/t17-/m0/s1. The van der Waals surface area contributed by atoms with E-state index >= 15 is 0 Å². The fourth-order valence-electron chi connectivity index (χ4n) is 3.75. The summed E-state index contributed by atoms with van der Waals surface area (Å²) in [6.07, 6.45) is 4.90. The lowest BCUT2D eigenvalue weighted by atomic mass is 9.96. The van der Waals surface area contributed by atoms with Crippen LogP contribution in [0.2, 0.25) is 25.7 Å². The fourth-order valence-corrected chi connectivity index (χ4v) is 5.84. The van der Waals surface area contributed by atoms with Crippen molar-refractivity contribution in [1.82, 2.24) is 9.55 Å². The molecule has 164 valence electrons. The number of hydrogen-bond donors (Lipinski definition) is 1. The molecule has 0 unspecified atom stereocenters. The van der Waals surface area contributed by atoms with Gasteiger partial charge in [0.05, 0.1) is 5.69 Å². The number of hydrogen-bond acceptors (Lipinski definition) is 4. The van der Waals surface area contributed by atoms with Gasteiger partial charge in [-0.2, -0.15) is 0 Å². The number of nitrogens with one attached hydrogen (secondary N) is 1. The van der Waals surface area contributed by atoms with E-state index in [0.29, 0.717) is 18.2 Å². The van der Waals surface area contributed by atoms with Crippen LogP contribution in [0.5, 0.6) is 0 Å². The summed E-state index contributed by atoms with van der Waals surface area (Å²) in [6, 6.07) is 11.1. The highest BCUT2D eigenvalue weighted by Gasteiger charge is 2.19. The third-order valence-electron chi connectivity index (χ3n) is 5.75. The van der Waals surface area contributed by atoms with E-state index in [4.69, 9.17) is 4.74 Å². The van der Waals surface area contributed by atoms with Crippen molar-refractivity contribution in [3.63, 3.8) is 0 Å². The predicted molar refractivity (Wildman–Crippen MR) is 132 cm³/mol. The summed E-state index contributed by atoms with van der Waals surface area (Å²) in [5.74, 6) is 1.58. The summed E-state index contributed by atoms with van der Waals surface area (Å²) in [5, 5.41) is 4.00. The molecule has 0 aliphatic carbocycles. The summed E-state index contributed by atoms with van der Waals surface area (Å²) in [7, 11) is -1.10. The van der Waals surface area contributed by atoms with Crippen LogP contribution in [0.3, 0.4) is 0 Å². The topological polar surface area (TPSA) is 56.2 Å². The Morgan fingerprint density at radius 2 is 2.13 bits per heavy atom. The number of rotatable bonds is 7.